The van der Waals surface area contributed by atoms with Gasteiger partial charge in [-0.05, 0) is 25.0 Å². The molecular formula is C11H14N4O2S. The van der Waals surface area contributed by atoms with E-state index in [9.17, 15) is 8.42 Å². The average molecular weight is 266 g/mol. The lowest BCUT2D eigenvalue weighted by Crippen LogP contribution is -2.26. The highest BCUT2D eigenvalue weighted by Gasteiger charge is 2.15. The van der Waals surface area contributed by atoms with Crippen LogP contribution in [0.25, 0.3) is 0 Å². The molecule has 2 heterocycles. The minimum atomic E-state index is -3.50. The van der Waals surface area contributed by atoms with E-state index in [-0.39, 0.29) is 5.03 Å². The van der Waals surface area contributed by atoms with E-state index in [1.54, 1.807) is 19.3 Å². The summed E-state index contributed by atoms with van der Waals surface area (Å²) in [5.74, 6) is 0.572. The molecule has 0 saturated carbocycles. The van der Waals surface area contributed by atoms with Crippen LogP contribution in [0.5, 0.6) is 0 Å². The number of imidazole rings is 1. The standard InChI is InChI=1S/C11H14N4O2S/c1-9-13-8-11(15-9)18(16,17)14-6-4-10-3-2-5-12-7-10/h2-3,5,7-8,14H,4,6H2,1H3,(H,13,15). The molecule has 2 aromatic heterocycles. The maximum atomic E-state index is 11.8. The molecule has 0 amide bonds. The van der Waals surface area contributed by atoms with E-state index >= 15 is 0 Å². The summed E-state index contributed by atoms with van der Waals surface area (Å²) in [5, 5.41) is 0.0891. The predicted molar refractivity (Wildman–Crippen MR) is 66.5 cm³/mol. The van der Waals surface area contributed by atoms with E-state index in [0.717, 1.165) is 5.56 Å². The number of pyridine rings is 1. The van der Waals surface area contributed by atoms with E-state index in [0.29, 0.717) is 18.8 Å². The van der Waals surface area contributed by atoms with Gasteiger partial charge in [-0.2, -0.15) is 0 Å². The van der Waals surface area contributed by atoms with Gasteiger partial charge in [0.05, 0.1) is 6.20 Å². The number of hydrogen-bond acceptors (Lipinski definition) is 4. The molecule has 0 unspecified atom stereocenters. The Hall–Kier alpha value is -1.73. The number of nitrogens with zero attached hydrogens (tertiary/aromatic N) is 2. The van der Waals surface area contributed by atoms with Gasteiger partial charge in [0.1, 0.15) is 5.82 Å². The van der Waals surface area contributed by atoms with Gasteiger partial charge in [0, 0.05) is 18.9 Å². The molecule has 0 atom stereocenters. The lowest BCUT2D eigenvalue weighted by atomic mass is 10.2. The van der Waals surface area contributed by atoms with Crippen LogP contribution >= 0.6 is 0 Å². The van der Waals surface area contributed by atoms with Gasteiger partial charge in [0.25, 0.3) is 10.0 Å². The molecule has 2 rings (SSSR count). The number of aryl methyl sites for hydroxylation is 1. The minimum absolute atomic E-state index is 0.0891. The Labute approximate surface area is 106 Å². The third-order valence-electron chi connectivity index (χ3n) is 2.40. The van der Waals surface area contributed by atoms with Crippen molar-refractivity contribution in [3.05, 3.63) is 42.1 Å². The van der Waals surface area contributed by atoms with Gasteiger partial charge in [-0.25, -0.2) is 18.1 Å². The van der Waals surface area contributed by atoms with Gasteiger partial charge in [-0.3, -0.25) is 4.98 Å². The van der Waals surface area contributed by atoms with Crippen molar-refractivity contribution in [3.8, 4) is 0 Å². The highest BCUT2D eigenvalue weighted by molar-refractivity contribution is 7.89. The lowest BCUT2D eigenvalue weighted by molar-refractivity contribution is 0.578. The summed E-state index contributed by atoms with van der Waals surface area (Å²) >= 11 is 0. The largest absolute Gasteiger partial charge is 0.332 e. The number of aromatic amines is 1. The van der Waals surface area contributed by atoms with Crippen LogP contribution in [0.2, 0.25) is 0 Å². The van der Waals surface area contributed by atoms with E-state index < -0.39 is 10.0 Å². The number of sulfonamides is 1. The molecule has 0 aromatic carbocycles. The Morgan fingerprint density at radius 3 is 2.83 bits per heavy atom. The van der Waals surface area contributed by atoms with Crippen molar-refractivity contribution in [3.63, 3.8) is 0 Å². The fraction of sp³-hybridized carbons (Fsp3) is 0.273. The Morgan fingerprint density at radius 2 is 2.22 bits per heavy atom. The molecule has 0 spiro atoms. The van der Waals surface area contributed by atoms with E-state index in [1.807, 2.05) is 12.1 Å². The van der Waals surface area contributed by atoms with Crippen LogP contribution in [0, 0.1) is 6.92 Å². The molecular weight excluding hydrogens is 252 g/mol. The van der Waals surface area contributed by atoms with Gasteiger partial charge in [0.2, 0.25) is 0 Å². The van der Waals surface area contributed by atoms with Gasteiger partial charge in [0.15, 0.2) is 5.03 Å². The summed E-state index contributed by atoms with van der Waals surface area (Å²) in [5.41, 5.74) is 0.987. The quantitative estimate of drug-likeness (QED) is 0.831. The highest BCUT2D eigenvalue weighted by Crippen LogP contribution is 2.04. The second-order valence-electron chi connectivity index (χ2n) is 3.84. The second-order valence-corrected chi connectivity index (χ2v) is 5.58. The molecule has 96 valence electrons. The van der Waals surface area contributed by atoms with Crippen LogP contribution in [0.3, 0.4) is 0 Å². The summed E-state index contributed by atoms with van der Waals surface area (Å²) in [7, 11) is -3.50. The third-order valence-corrected chi connectivity index (χ3v) is 3.77. The summed E-state index contributed by atoms with van der Waals surface area (Å²) < 4.78 is 26.2. The van der Waals surface area contributed by atoms with Gasteiger partial charge in [-0.15, -0.1) is 0 Å². The first-order valence-corrected chi connectivity index (χ1v) is 6.96. The Bertz CT molecular complexity index is 607. The van der Waals surface area contributed by atoms with E-state index in [4.69, 9.17) is 0 Å². The molecule has 18 heavy (non-hydrogen) atoms. The zero-order valence-electron chi connectivity index (χ0n) is 9.92. The monoisotopic (exact) mass is 266 g/mol. The van der Waals surface area contributed by atoms with Crippen LogP contribution in [-0.2, 0) is 16.4 Å². The topological polar surface area (TPSA) is 87.7 Å². The number of H-pyrrole nitrogens is 1. The van der Waals surface area contributed by atoms with Crippen LogP contribution < -0.4 is 4.72 Å². The third kappa shape index (κ3) is 3.14. The molecule has 2 aromatic rings. The highest BCUT2D eigenvalue weighted by atomic mass is 32.2. The summed E-state index contributed by atoms with van der Waals surface area (Å²) in [6.45, 7) is 2.03. The van der Waals surface area contributed by atoms with Gasteiger partial charge < -0.3 is 4.98 Å². The van der Waals surface area contributed by atoms with Crippen molar-refractivity contribution >= 4 is 10.0 Å². The molecule has 0 radical (unpaired) electrons. The number of rotatable bonds is 5. The normalized spacial score (nSPS) is 11.6. The van der Waals surface area contributed by atoms with Gasteiger partial charge >= 0.3 is 0 Å². The molecule has 0 aliphatic carbocycles. The zero-order chi connectivity index (χ0) is 13.0. The zero-order valence-corrected chi connectivity index (χ0v) is 10.7. The first-order chi connectivity index (χ1) is 8.58. The Kier molecular flexibility index (Phi) is 3.73. The van der Waals surface area contributed by atoms with Crippen LogP contribution in [0.4, 0.5) is 0 Å². The molecule has 7 heteroatoms. The van der Waals surface area contributed by atoms with Crippen molar-refractivity contribution in [1.82, 2.24) is 19.7 Å². The average Bonchev–Trinajstić information content (AvgIpc) is 2.78. The maximum absolute atomic E-state index is 11.8. The van der Waals surface area contributed by atoms with Crippen molar-refractivity contribution in [1.29, 1.82) is 0 Å². The number of nitrogens with one attached hydrogen (secondary N) is 2. The summed E-state index contributed by atoms with van der Waals surface area (Å²) in [4.78, 5) is 10.5. The van der Waals surface area contributed by atoms with E-state index in [1.165, 1.54) is 6.20 Å². The number of hydrogen-bond donors (Lipinski definition) is 2. The maximum Gasteiger partial charge on any atom is 0.257 e. The first kappa shape index (κ1) is 12.7. The van der Waals surface area contributed by atoms with Crippen LogP contribution in [0.1, 0.15) is 11.4 Å². The van der Waals surface area contributed by atoms with E-state index in [2.05, 4.69) is 19.7 Å². The smallest absolute Gasteiger partial charge is 0.257 e. The lowest BCUT2D eigenvalue weighted by Gasteiger charge is -2.04. The SMILES string of the molecule is Cc1ncc(S(=O)(=O)NCCc2cccnc2)[nH]1. The first-order valence-electron chi connectivity index (χ1n) is 5.48. The Morgan fingerprint density at radius 1 is 1.39 bits per heavy atom. The van der Waals surface area contributed by atoms with Crippen molar-refractivity contribution in [2.75, 3.05) is 6.54 Å². The molecule has 0 aliphatic heterocycles. The summed E-state index contributed by atoms with van der Waals surface area (Å²) in [6.07, 6.45) is 5.30. The number of aromatic nitrogens is 3. The fourth-order valence-electron chi connectivity index (χ4n) is 1.49. The predicted octanol–water partition coefficient (Wildman–Crippen LogP) is 0.634. The van der Waals surface area contributed by atoms with Crippen LogP contribution in [0.15, 0.2) is 35.7 Å². The molecule has 6 nitrogen and oxygen atoms in total. The molecule has 0 aliphatic rings. The fourth-order valence-corrected chi connectivity index (χ4v) is 2.49. The Balaban J connectivity index is 1.94. The van der Waals surface area contributed by atoms with Crippen molar-refractivity contribution < 1.29 is 8.42 Å². The molecule has 2 N–H and O–H groups in total. The molecule has 0 bridgehead atoms. The minimum Gasteiger partial charge on any atom is -0.332 e. The second kappa shape index (κ2) is 5.28. The van der Waals surface area contributed by atoms with Gasteiger partial charge in [-0.1, -0.05) is 6.07 Å². The summed E-state index contributed by atoms with van der Waals surface area (Å²) in [6, 6.07) is 3.73. The van der Waals surface area contributed by atoms with Crippen LogP contribution in [-0.4, -0.2) is 29.9 Å². The van der Waals surface area contributed by atoms with Crippen molar-refractivity contribution in [2.24, 2.45) is 0 Å². The van der Waals surface area contributed by atoms with Crippen molar-refractivity contribution in [2.45, 2.75) is 18.4 Å². The molecule has 0 fully saturated rings. The molecule has 0 saturated heterocycles.